The van der Waals surface area contributed by atoms with Crippen molar-refractivity contribution < 1.29 is 26.4 Å². The van der Waals surface area contributed by atoms with Gasteiger partial charge in [-0.3, -0.25) is 4.79 Å². The van der Waals surface area contributed by atoms with Gasteiger partial charge in [0.25, 0.3) is 0 Å². The molecule has 0 aromatic heterocycles. The number of fused-ring (bicyclic) bond motifs is 1. The number of nitrogens with one attached hydrogen (secondary N) is 1. The van der Waals surface area contributed by atoms with Crippen molar-refractivity contribution in [3.8, 4) is 0 Å². The number of amides is 1. The SMILES string of the molecule is CCN(CC(=O)Nc1cccc(C(F)(F)F)c1)S(=O)(=O)c1ccc2ccccc2c1. The summed E-state index contributed by atoms with van der Waals surface area (Å²) in [5.74, 6) is -0.736. The molecule has 0 saturated carbocycles. The van der Waals surface area contributed by atoms with Gasteiger partial charge < -0.3 is 5.32 Å². The van der Waals surface area contributed by atoms with Crippen LogP contribution in [0.25, 0.3) is 10.8 Å². The van der Waals surface area contributed by atoms with Crippen LogP contribution >= 0.6 is 0 Å². The summed E-state index contributed by atoms with van der Waals surface area (Å²) in [7, 11) is -3.97. The lowest BCUT2D eigenvalue weighted by Crippen LogP contribution is -2.37. The minimum Gasteiger partial charge on any atom is -0.325 e. The van der Waals surface area contributed by atoms with Crippen molar-refractivity contribution >= 4 is 32.4 Å². The number of hydrogen-bond acceptors (Lipinski definition) is 3. The lowest BCUT2D eigenvalue weighted by molar-refractivity contribution is -0.137. The first-order valence-electron chi connectivity index (χ1n) is 9.07. The summed E-state index contributed by atoms with van der Waals surface area (Å²) in [5.41, 5.74) is -0.967. The number of halogens is 3. The van der Waals surface area contributed by atoms with Crippen molar-refractivity contribution in [2.45, 2.75) is 18.0 Å². The molecule has 3 aromatic carbocycles. The fourth-order valence-electron chi connectivity index (χ4n) is 2.98. The second-order valence-electron chi connectivity index (χ2n) is 6.57. The number of hydrogen-bond donors (Lipinski definition) is 1. The van der Waals surface area contributed by atoms with E-state index in [1.54, 1.807) is 25.1 Å². The van der Waals surface area contributed by atoms with Crippen LogP contribution in [0.15, 0.2) is 71.6 Å². The second-order valence-corrected chi connectivity index (χ2v) is 8.50. The fourth-order valence-corrected chi connectivity index (χ4v) is 4.42. The summed E-state index contributed by atoms with van der Waals surface area (Å²) in [6, 6.07) is 16.1. The highest BCUT2D eigenvalue weighted by atomic mass is 32.2. The molecule has 0 aliphatic heterocycles. The van der Waals surface area contributed by atoms with E-state index in [1.807, 2.05) is 12.1 Å². The van der Waals surface area contributed by atoms with Crippen LogP contribution in [0.1, 0.15) is 12.5 Å². The summed E-state index contributed by atoms with van der Waals surface area (Å²) in [6.07, 6.45) is -4.55. The van der Waals surface area contributed by atoms with Gasteiger partial charge in [-0.15, -0.1) is 0 Å². The molecule has 3 rings (SSSR count). The molecule has 0 unspecified atom stereocenters. The topological polar surface area (TPSA) is 66.5 Å². The quantitative estimate of drug-likeness (QED) is 0.618. The summed E-state index contributed by atoms with van der Waals surface area (Å²) in [4.78, 5) is 12.4. The third-order valence-electron chi connectivity index (χ3n) is 4.51. The third kappa shape index (κ3) is 4.80. The Morgan fingerprint density at radius 1 is 0.967 bits per heavy atom. The summed E-state index contributed by atoms with van der Waals surface area (Å²) >= 11 is 0. The lowest BCUT2D eigenvalue weighted by Gasteiger charge is -2.20. The lowest BCUT2D eigenvalue weighted by atomic mass is 10.1. The zero-order valence-electron chi connectivity index (χ0n) is 16.0. The van der Waals surface area contributed by atoms with E-state index in [9.17, 15) is 26.4 Å². The van der Waals surface area contributed by atoms with Crippen LogP contribution < -0.4 is 5.32 Å². The van der Waals surface area contributed by atoms with Crippen molar-refractivity contribution in [3.63, 3.8) is 0 Å². The first kappa shape index (κ1) is 21.8. The summed E-state index contributed by atoms with van der Waals surface area (Å²) in [6.45, 7) is 1.07. The normalized spacial score (nSPS) is 12.3. The average molecular weight is 436 g/mol. The van der Waals surface area contributed by atoms with E-state index >= 15 is 0 Å². The zero-order chi connectivity index (χ0) is 21.9. The van der Waals surface area contributed by atoms with Crippen LogP contribution in [-0.2, 0) is 21.0 Å². The molecule has 0 aliphatic rings. The van der Waals surface area contributed by atoms with Gasteiger partial charge in [0.1, 0.15) is 0 Å². The van der Waals surface area contributed by atoms with Crippen molar-refractivity contribution in [1.29, 1.82) is 0 Å². The highest BCUT2D eigenvalue weighted by Gasteiger charge is 2.31. The minimum absolute atomic E-state index is 0.0190. The first-order chi connectivity index (χ1) is 14.1. The molecule has 9 heteroatoms. The molecule has 30 heavy (non-hydrogen) atoms. The Kier molecular flexibility index (Phi) is 6.14. The number of alkyl halides is 3. The number of carbonyl (C=O) groups excluding carboxylic acids is 1. The van der Waals surface area contributed by atoms with Crippen molar-refractivity contribution in [2.24, 2.45) is 0 Å². The molecule has 158 valence electrons. The molecule has 0 bridgehead atoms. The highest BCUT2D eigenvalue weighted by molar-refractivity contribution is 7.89. The Labute approximate surface area is 172 Å². The third-order valence-corrected chi connectivity index (χ3v) is 6.42. The molecule has 5 nitrogen and oxygen atoms in total. The molecule has 0 aliphatic carbocycles. The Bertz CT molecular complexity index is 1180. The van der Waals surface area contributed by atoms with Gasteiger partial charge in [-0.2, -0.15) is 17.5 Å². The maximum atomic E-state index is 13.0. The van der Waals surface area contributed by atoms with Crippen LogP contribution in [-0.4, -0.2) is 31.7 Å². The number of benzene rings is 3. The highest BCUT2D eigenvalue weighted by Crippen LogP contribution is 2.30. The van der Waals surface area contributed by atoms with E-state index < -0.39 is 34.2 Å². The fraction of sp³-hybridized carbons (Fsp3) is 0.190. The van der Waals surface area contributed by atoms with E-state index in [-0.39, 0.29) is 17.1 Å². The Hall–Kier alpha value is -2.91. The average Bonchev–Trinajstić information content (AvgIpc) is 2.71. The Balaban J connectivity index is 1.79. The second kappa shape index (κ2) is 8.45. The van der Waals surface area contributed by atoms with Crippen LogP contribution in [0, 0.1) is 0 Å². The number of likely N-dealkylation sites (N-methyl/N-ethyl adjacent to an activating group) is 1. The van der Waals surface area contributed by atoms with Gasteiger partial charge in [-0.05, 0) is 41.1 Å². The number of sulfonamides is 1. The van der Waals surface area contributed by atoms with Gasteiger partial charge >= 0.3 is 6.18 Å². The Morgan fingerprint density at radius 3 is 2.33 bits per heavy atom. The van der Waals surface area contributed by atoms with Crippen molar-refractivity contribution in [2.75, 3.05) is 18.4 Å². The van der Waals surface area contributed by atoms with E-state index in [2.05, 4.69) is 5.32 Å². The van der Waals surface area contributed by atoms with Crippen LogP contribution in [0.2, 0.25) is 0 Å². The molecule has 0 saturated heterocycles. The van der Waals surface area contributed by atoms with E-state index in [4.69, 9.17) is 0 Å². The maximum absolute atomic E-state index is 13.0. The van der Waals surface area contributed by atoms with Crippen LogP contribution in [0.5, 0.6) is 0 Å². The largest absolute Gasteiger partial charge is 0.416 e. The monoisotopic (exact) mass is 436 g/mol. The van der Waals surface area contributed by atoms with E-state index in [1.165, 1.54) is 24.3 Å². The first-order valence-corrected chi connectivity index (χ1v) is 10.5. The summed E-state index contributed by atoms with van der Waals surface area (Å²) in [5, 5.41) is 3.94. The van der Waals surface area contributed by atoms with Gasteiger partial charge in [-0.1, -0.05) is 43.3 Å². The minimum atomic E-state index is -4.55. The van der Waals surface area contributed by atoms with Crippen LogP contribution in [0.3, 0.4) is 0 Å². The molecular formula is C21H19F3N2O3S. The molecule has 0 heterocycles. The van der Waals surface area contributed by atoms with Crippen molar-refractivity contribution in [1.82, 2.24) is 4.31 Å². The predicted octanol–water partition coefficient (Wildman–Crippen LogP) is 4.51. The van der Waals surface area contributed by atoms with Gasteiger partial charge in [-0.25, -0.2) is 8.42 Å². The zero-order valence-corrected chi connectivity index (χ0v) is 16.8. The molecule has 1 N–H and O–H groups in total. The molecule has 0 spiro atoms. The summed E-state index contributed by atoms with van der Waals surface area (Å²) < 4.78 is 65.4. The molecule has 3 aromatic rings. The Morgan fingerprint density at radius 2 is 1.67 bits per heavy atom. The maximum Gasteiger partial charge on any atom is 0.416 e. The van der Waals surface area contributed by atoms with Gasteiger partial charge in [0.05, 0.1) is 17.0 Å². The molecule has 1 amide bonds. The van der Waals surface area contributed by atoms with E-state index in [0.29, 0.717) is 0 Å². The number of nitrogens with zero attached hydrogens (tertiary/aromatic N) is 1. The molecule has 0 fully saturated rings. The van der Waals surface area contributed by atoms with Gasteiger partial charge in [0.15, 0.2) is 0 Å². The molecule has 0 radical (unpaired) electrons. The number of rotatable bonds is 6. The number of carbonyl (C=O) groups is 1. The van der Waals surface area contributed by atoms with Crippen LogP contribution in [0.4, 0.5) is 18.9 Å². The predicted molar refractivity (Wildman–Crippen MR) is 108 cm³/mol. The smallest absolute Gasteiger partial charge is 0.325 e. The molecular weight excluding hydrogens is 417 g/mol. The standard InChI is InChI=1S/C21H19F3N2O3S/c1-2-26(14-20(27)25-18-9-5-8-17(13-18)21(22,23)24)30(28,29)19-11-10-15-6-3-4-7-16(15)12-19/h3-13H,2,14H2,1H3,(H,25,27). The van der Waals surface area contributed by atoms with Gasteiger partial charge in [0, 0.05) is 12.2 Å². The molecule has 0 atom stereocenters. The number of anilines is 1. The van der Waals surface area contributed by atoms with Gasteiger partial charge in [0.2, 0.25) is 15.9 Å². The van der Waals surface area contributed by atoms with Crippen molar-refractivity contribution in [3.05, 3.63) is 72.3 Å². The van der Waals surface area contributed by atoms with E-state index in [0.717, 1.165) is 27.2 Å².